The monoisotopic (exact) mass is 145 g/mol. The number of ether oxygens (including phenoxy) is 1. The van der Waals surface area contributed by atoms with Gasteiger partial charge in [-0.1, -0.05) is 6.08 Å². The molecule has 0 aromatic rings. The smallest absolute Gasteiger partial charge is 0.170 e. The zero-order valence-corrected chi connectivity index (χ0v) is 5.39. The van der Waals surface area contributed by atoms with E-state index in [9.17, 15) is 8.76 Å². The Bertz CT molecular complexity index is 183. The summed E-state index contributed by atoms with van der Waals surface area (Å²) in [6.07, 6.45) is 4.79. The molecule has 1 rings (SSSR count). The van der Waals surface area contributed by atoms with Gasteiger partial charge in [0.25, 0.3) is 0 Å². The molecule has 0 aromatic carbocycles. The van der Waals surface area contributed by atoms with Crippen molar-refractivity contribution >= 4 is 11.1 Å². The van der Waals surface area contributed by atoms with E-state index in [1.165, 1.54) is 6.08 Å². The predicted octanol–water partition coefficient (Wildman–Crippen LogP) is 0.293. The number of allylic oxidation sites excluding steroid dienone is 2. The maximum Gasteiger partial charge on any atom is 0.170 e. The third-order valence-electron chi connectivity index (χ3n) is 0.854. The van der Waals surface area contributed by atoms with Gasteiger partial charge in [0, 0.05) is 11.1 Å². The Labute approximate surface area is 55.3 Å². The summed E-state index contributed by atoms with van der Waals surface area (Å²) in [6.45, 7) is 0.347. The summed E-state index contributed by atoms with van der Waals surface area (Å²) in [4.78, 5) is 0. The molecule has 0 N–H and O–H groups in total. The minimum Gasteiger partial charge on any atom is -0.766 e. The average molecular weight is 145 g/mol. The zero-order chi connectivity index (χ0) is 6.69. The summed E-state index contributed by atoms with van der Waals surface area (Å²) >= 11 is -2.21. The summed E-state index contributed by atoms with van der Waals surface area (Å²) < 4.78 is 25.0. The Morgan fingerprint density at radius 2 is 2.56 bits per heavy atom. The molecule has 1 aliphatic heterocycles. The molecular weight excluding hydrogens is 140 g/mol. The Hall–Kier alpha value is -0.610. The average Bonchev–Trinajstić information content (AvgIpc) is 1.90. The van der Waals surface area contributed by atoms with Crippen molar-refractivity contribution in [2.24, 2.45) is 0 Å². The van der Waals surface area contributed by atoms with Gasteiger partial charge in [-0.15, -0.1) is 0 Å². The van der Waals surface area contributed by atoms with E-state index < -0.39 is 11.1 Å². The SMILES string of the molecule is O=S([O-])C1=CC=CCO1. The first kappa shape index (κ1) is 6.51. The predicted molar refractivity (Wildman–Crippen MR) is 32.1 cm³/mol. The van der Waals surface area contributed by atoms with Crippen LogP contribution in [0.3, 0.4) is 0 Å². The fourth-order valence-electron chi connectivity index (χ4n) is 0.484. The van der Waals surface area contributed by atoms with Gasteiger partial charge in [-0.3, -0.25) is 4.21 Å². The Kier molecular flexibility index (Phi) is 2.02. The molecule has 1 heterocycles. The maximum atomic E-state index is 10.1. The summed E-state index contributed by atoms with van der Waals surface area (Å²) in [5, 5.41) is 0.0116. The first-order chi connectivity index (χ1) is 4.30. The van der Waals surface area contributed by atoms with Crippen LogP contribution in [0.15, 0.2) is 23.3 Å². The van der Waals surface area contributed by atoms with Crippen molar-refractivity contribution in [2.75, 3.05) is 6.61 Å². The highest BCUT2D eigenvalue weighted by Gasteiger charge is 1.97. The Balaban J connectivity index is 2.68. The van der Waals surface area contributed by atoms with Crippen molar-refractivity contribution in [2.45, 2.75) is 0 Å². The van der Waals surface area contributed by atoms with Crippen LogP contribution in [0.25, 0.3) is 0 Å². The van der Waals surface area contributed by atoms with Crippen LogP contribution in [-0.4, -0.2) is 15.4 Å². The Morgan fingerprint density at radius 3 is 2.89 bits per heavy atom. The first-order valence-corrected chi connectivity index (χ1v) is 3.47. The van der Waals surface area contributed by atoms with E-state index in [1.807, 2.05) is 0 Å². The van der Waals surface area contributed by atoms with Crippen LogP contribution in [-0.2, 0) is 15.8 Å². The van der Waals surface area contributed by atoms with Gasteiger partial charge in [0.15, 0.2) is 5.09 Å². The summed E-state index contributed by atoms with van der Waals surface area (Å²) in [7, 11) is 0. The van der Waals surface area contributed by atoms with Crippen LogP contribution in [0.4, 0.5) is 0 Å². The summed E-state index contributed by atoms with van der Waals surface area (Å²) in [6, 6.07) is 0. The van der Waals surface area contributed by atoms with Crippen LogP contribution in [0.1, 0.15) is 0 Å². The number of rotatable bonds is 1. The van der Waals surface area contributed by atoms with E-state index >= 15 is 0 Å². The second-order valence-electron chi connectivity index (χ2n) is 1.46. The van der Waals surface area contributed by atoms with Crippen LogP contribution in [0.2, 0.25) is 0 Å². The quantitative estimate of drug-likeness (QED) is 0.498. The van der Waals surface area contributed by atoms with E-state index in [4.69, 9.17) is 4.74 Å². The summed E-state index contributed by atoms with van der Waals surface area (Å²) in [5.74, 6) is 0. The lowest BCUT2D eigenvalue weighted by atomic mass is 10.4. The van der Waals surface area contributed by atoms with Crippen LogP contribution < -0.4 is 0 Å². The van der Waals surface area contributed by atoms with Gasteiger partial charge in [-0.05, 0) is 12.2 Å². The van der Waals surface area contributed by atoms with Crippen molar-refractivity contribution in [3.63, 3.8) is 0 Å². The lowest BCUT2D eigenvalue weighted by Crippen LogP contribution is -2.01. The molecule has 0 fully saturated rings. The number of hydrogen-bond acceptors (Lipinski definition) is 3. The Morgan fingerprint density at radius 1 is 1.78 bits per heavy atom. The van der Waals surface area contributed by atoms with E-state index in [0.29, 0.717) is 6.61 Å². The molecule has 4 heteroatoms. The van der Waals surface area contributed by atoms with E-state index in [2.05, 4.69) is 0 Å². The molecule has 3 nitrogen and oxygen atoms in total. The molecule has 9 heavy (non-hydrogen) atoms. The first-order valence-electron chi connectivity index (χ1n) is 2.39. The molecule has 1 unspecified atom stereocenters. The standard InChI is InChI=1S/C5H6O3S/c6-9(7)5-3-1-2-4-8-5/h1-3H,4H2,(H,6,7)/p-1. The van der Waals surface area contributed by atoms with Gasteiger partial charge in [0.1, 0.15) is 6.61 Å². The van der Waals surface area contributed by atoms with Gasteiger partial charge in [0.2, 0.25) is 0 Å². The minimum absolute atomic E-state index is 0.0116. The van der Waals surface area contributed by atoms with E-state index in [0.717, 1.165) is 0 Å². The highest BCUT2D eigenvalue weighted by atomic mass is 32.2. The zero-order valence-electron chi connectivity index (χ0n) is 4.57. The highest BCUT2D eigenvalue weighted by Crippen LogP contribution is 2.05. The van der Waals surface area contributed by atoms with Crippen molar-refractivity contribution in [3.8, 4) is 0 Å². The number of hydrogen-bond donors (Lipinski definition) is 0. The fourth-order valence-corrected chi connectivity index (χ4v) is 0.838. The molecule has 0 saturated carbocycles. The second-order valence-corrected chi connectivity index (χ2v) is 2.33. The van der Waals surface area contributed by atoms with Crippen molar-refractivity contribution in [1.82, 2.24) is 0 Å². The van der Waals surface area contributed by atoms with Crippen molar-refractivity contribution in [1.29, 1.82) is 0 Å². The van der Waals surface area contributed by atoms with Gasteiger partial charge in [-0.25, -0.2) is 0 Å². The molecule has 0 bridgehead atoms. The van der Waals surface area contributed by atoms with E-state index in [-0.39, 0.29) is 5.09 Å². The molecule has 0 radical (unpaired) electrons. The van der Waals surface area contributed by atoms with Crippen molar-refractivity contribution in [3.05, 3.63) is 23.3 Å². The molecular formula is C5H5O3S-. The van der Waals surface area contributed by atoms with E-state index in [1.54, 1.807) is 12.2 Å². The molecule has 0 saturated heterocycles. The van der Waals surface area contributed by atoms with Crippen LogP contribution >= 0.6 is 0 Å². The third kappa shape index (κ3) is 1.65. The largest absolute Gasteiger partial charge is 0.766 e. The molecule has 0 amide bonds. The lowest BCUT2D eigenvalue weighted by Gasteiger charge is -2.12. The molecule has 50 valence electrons. The third-order valence-corrected chi connectivity index (χ3v) is 1.44. The molecule has 0 spiro atoms. The maximum absolute atomic E-state index is 10.1. The van der Waals surface area contributed by atoms with Gasteiger partial charge < -0.3 is 9.29 Å². The molecule has 0 aromatic heterocycles. The van der Waals surface area contributed by atoms with Gasteiger partial charge >= 0.3 is 0 Å². The highest BCUT2D eigenvalue weighted by molar-refractivity contribution is 7.83. The molecule has 1 aliphatic rings. The fraction of sp³-hybridized carbons (Fsp3) is 0.200. The van der Waals surface area contributed by atoms with Crippen molar-refractivity contribution < 1.29 is 13.5 Å². The molecule has 0 aliphatic carbocycles. The van der Waals surface area contributed by atoms with Gasteiger partial charge in [0.05, 0.1) is 0 Å². The molecule has 1 atom stereocenters. The lowest BCUT2D eigenvalue weighted by molar-refractivity contribution is 0.265. The minimum atomic E-state index is -2.21. The normalized spacial score (nSPS) is 20.3. The van der Waals surface area contributed by atoms with Crippen LogP contribution in [0, 0.1) is 0 Å². The summed E-state index contributed by atoms with van der Waals surface area (Å²) in [5.41, 5.74) is 0. The topological polar surface area (TPSA) is 49.4 Å². The second kappa shape index (κ2) is 2.80. The van der Waals surface area contributed by atoms with Crippen LogP contribution in [0.5, 0.6) is 0 Å². The van der Waals surface area contributed by atoms with Gasteiger partial charge in [-0.2, -0.15) is 0 Å².